The number of rotatable bonds is 7. The Balaban J connectivity index is 1.62. The monoisotopic (exact) mass is 360 g/mol. The molecule has 0 aliphatic carbocycles. The summed E-state index contributed by atoms with van der Waals surface area (Å²) >= 11 is 0. The Morgan fingerprint density at radius 2 is 1.70 bits per heavy atom. The van der Waals surface area contributed by atoms with Crippen molar-refractivity contribution in [2.75, 3.05) is 11.4 Å². The number of aromatic nitrogens is 2. The number of anilines is 1. The van der Waals surface area contributed by atoms with Crippen molar-refractivity contribution in [1.29, 1.82) is 0 Å². The van der Waals surface area contributed by atoms with E-state index in [0.29, 0.717) is 18.1 Å². The highest BCUT2D eigenvalue weighted by Crippen LogP contribution is 2.12. The lowest BCUT2D eigenvalue weighted by molar-refractivity contribution is 0.0950. The first-order chi connectivity index (χ1) is 13.2. The Labute approximate surface area is 160 Å². The minimum atomic E-state index is -0.172. The molecule has 1 aromatic heterocycles. The first-order valence-corrected chi connectivity index (χ1v) is 9.10. The number of nitrogens with zero attached hydrogens (tertiary/aromatic N) is 3. The summed E-state index contributed by atoms with van der Waals surface area (Å²) in [5, 5.41) is 2.91. The summed E-state index contributed by atoms with van der Waals surface area (Å²) in [6, 6.07) is 18.3. The van der Waals surface area contributed by atoms with Gasteiger partial charge in [-0.3, -0.25) is 4.79 Å². The molecule has 3 aromatic rings. The van der Waals surface area contributed by atoms with Gasteiger partial charge in [-0.05, 0) is 25.0 Å². The molecule has 5 nitrogen and oxygen atoms in total. The fourth-order valence-electron chi connectivity index (χ4n) is 2.84. The van der Waals surface area contributed by atoms with Crippen molar-refractivity contribution in [3.05, 3.63) is 89.2 Å². The van der Waals surface area contributed by atoms with Gasteiger partial charge in [-0.2, -0.15) is 0 Å². The zero-order chi connectivity index (χ0) is 19.1. The summed E-state index contributed by atoms with van der Waals surface area (Å²) in [6.07, 6.45) is 3.17. The molecule has 5 heteroatoms. The first-order valence-electron chi connectivity index (χ1n) is 9.10. The van der Waals surface area contributed by atoms with Crippen molar-refractivity contribution < 1.29 is 4.79 Å². The third-order valence-electron chi connectivity index (χ3n) is 4.32. The van der Waals surface area contributed by atoms with Crippen LogP contribution in [0.5, 0.6) is 0 Å². The van der Waals surface area contributed by atoms with E-state index >= 15 is 0 Å². The molecule has 138 valence electrons. The minimum absolute atomic E-state index is 0.172. The minimum Gasteiger partial charge on any atom is -0.348 e. The molecule has 3 rings (SSSR count). The second-order valence-electron chi connectivity index (χ2n) is 6.44. The zero-order valence-corrected chi connectivity index (χ0v) is 15.7. The molecular weight excluding hydrogens is 336 g/mol. The van der Waals surface area contributed by atoms with Crippen LogP contribution in [0.4, 0.5) is 5.95 Å². The normalized spacial score (nSPS) is 10.4. The van der Waals surface area contributed by atoms with Crippen LogP contribution in [0.15, 0.2) is 67.0 Å². The van der Waals surface area contributed by atoms with Gasteiger partial charge < -0.3 is 10.2 Å². The summed E-state index contributed by atoms with van der Waals surface area (Å²) in [5.74, 6) is 0.450. The first kappa shape index (κ1) is 18.6. The van der Waals surface area contributed by atoms with Gasteiger partial charge in [0.15, 0.2) is 0 Å². The van der Waals surface area contributed by atoms with Crippen LogP contribution in [0, 0.1) is 6.92 Å². The molecule has 0 fully saturated rings. The summed E-state index contributed by atoms with van der Waals surface area (Å²) < 4.78 is 0. The second kappa shape index (κ2) is 8.94. The van der Waals surface area contributed by atoms with Gasteiger partial charge >= 0.3 is 0 Å². The number of carbonyl (C=O) groups is 1. The third kappa shape index (κ3) is 5.14. The third-order valence-corrected chi connectivity index (χ3v) is 4.32. The lowest BCUT2D eigenvalue weighted by atomic mass is 10.1. The molecule has 0 spiro atoms. The molecule has 0 aliphatic heterocycles. The molecule has 0 unspecified atom stereocenters. The van der Waals surface area contributed by atoms with Crippen molar-refractivity contribution in [2.24, 2.45) is 0 Å². The van der Waals surface area contributed by atoms with Gasteiger partial charge in [-0.15, -0.1) is 0 Å². The van der Waals surface area contributed by atoms with Gasteiger partial charge in [0.1, 0.15) is 0 Å². The maximum absolute atomic E-state index is 12.3. The Kier molecular flexibility index (Phi) is 6.15. The van der Waals surface area contributed by atoms with Crippen LogP contribution in [-0.2, 0) is 13.1 Å². The lowest BCUT2D eigenvalue weighted by Gasteiger charge is -2.20. The number of nitrogens with one attached hydrogen (secondary N) is 1. The van der Waals surface area contributed by atoms with Crippen LogP contribution in [-0.4, -0.2) is 22.4 Å². The second-order valence-corrected chi connectivity index (χ2v) is 6.44. The molecule has 0 saturated heterocycles. The van der Waals surface area contributed by atoms with Gasteiger partial charge in [0.05, 0.1) is 5.56 Å². The molecule has 1 heterocycles. The number of carbonyl (C=O) groups excluding carboxylic acids is 1. The Morgan fingerprint density at radius 1 is 1.00 bits per heavy atom. The van der Waals surface area contributed by atoms with Crippen LogP contribution >= 0.6 is 0 Å². The molecule has 1 amide bonds. The number of amides is 1. The van der Waals surface area contributed by atoms with Gasteiger partial charge in [0.2, 0.25) is 5.95 Å². The highest BCUT2D eigenvalue weighted by molar-refractivity contribution is 5.93. The van der Waals surface area contributed by atoms with Crippen molar-refractivity contribution in [3.8, 4) is 0 Å². The van der Waals surface area contributed by atoms with E-state index in [4.69, 9.17) is 0 Å². The highest BCUT2D eigenvalue weighted by atomic mass is 16.1. The Hall–Kier alpha value is -3.21. The molecule has 0 bridgehead atoms. The van der Waals surface area contributed by atoms with Crippen molar-refractivity contribution >= 4 is 11.9 Å². The lowest BCUT2D eigenvalue weighted by Crippen LogP contribution is -2.26. The van der Waals surface area contributed by atoms with Crippen molar-refractivity contribution in [2.45, 2.75) is 26.9 Å². The highest BCUT2D eigenvalue weighted by Gasteiger charge is 2.11. The quantitative estimate of drug-likeness (QED) is 0.697. The molecule has 2 aromatic carbocycles. The van der Waals surface area contributed by atoms with E-state index in [2.05, 4.69) is 45.3 Å². The van der Waals surface area contributed by atoms with E-state index in [1.54, 1.807) is 12.4 Å². The average Bonchev–Trinajstić information content (AvgIpc) is 2.71. The summed E-state index contributed by atoms with van der Waals surface area (Å²) in [5.41, 5.74) is 3.90. The average molecular weight is 360 g/mol. The van der Waals surface area contributed by atoms with Gasteiger partial charge in [0, 0.05) is 32.0 Å². The standard InChI is InChI=1S/C22H24N4O/c1-3-26(16-18-9-5-4-6-10-18)22-24-14-20(15-25-22)21(27)23-13-19-11-7-8-17(2)12-19/h4-12,14-15H,3,13,16H2,1-2H3,(H,23,27). The summed E-state index contributed by atoms with van der Waals surface area (Å²) in [7, 11) is 0. The fraction of sp³-hybridized carbons (Fsp3) is 0.227. The van der Waals surface area contributed by atoms with Crippen LogP contribution in [0.25, 0.3) is 0 Å². The van der Waals surface area contributed by atoms with Gasteiger partial charge in [-0.1, -0.05) is 60.2 Å². The van der Waals surface area contributed by atoms with Gasteiger partial charge in [-0.25, -0.2) is 9.97 Å². The van der Waals surface area contributed by atoms with E-state index in [9.17, 15) is 4.79 Å². The molecule has 1 N–H and O–H groups in total. The maximum atomic E-state index is 12.3. The SMILES string of the molecule is CCN(Cc1ccccc1)c1ncc(C(=O)NCc2cccc(C)c2)cn1. The molecule has 27 heavy (non-hydrogen) atoms. The van der Waals surface area contributed by atoms with E-state index < -0.39 is 0 Å². The summed E-state index contributed by atoms with van der Waals surface area (Å²) in [4.78, 5) is 23.2. The van der Waals surface area contributed by atoms with E-state index in [1.165, 1.54) is 11.1 Å². The largest absolute Gasteiger partial charge is 0.348 e. The number of hydrogen-bond acceptors (Lipinski definition) is 4. The topological polar surface area (TPSA) is 58.1 Å². The van der Waals surface area contributed by atoms with E-state index in [1.807, 2.05) is 43.3 Å². The molecule has 0 radical (unpaired) electrons. The predicted molar refractivity (Wildman–Crippen MR) is 108 cm³/mol. The van der Waals surface area contributed by atoms with Crippen molar-refractivity contribution in [3.63, 3.8) is 0 Å². The summed E-state index contributed by atoms with van der Waals surface area (Å²) in [6.45, 7) is 6.10. The Morgan fingerprint density at radius 3 is 2.37 bits per heavy atom. The number of benzene rings is 2. The maximum Gasteiger partial charge on any atom is 0.254 e. The van der Waals surface area contributed by atoms with Crippen LogP contribution < -0.4 is 10.2 Å². The van der Waals surface area contributed by atoms with Crippen LogP contribution in [0.2, 0.25) is 0 Å². The smallest absolute Gasteiger partial charge is 0.254 e. The van der Waals surface area contributed by atoms with Crippen LogP contribution in [0.3, 0.4) is 0 Å². The predicted octanol–water partition coefficient (Wildman–Crippen LogP) is 3.74. The zero-order valence-electron chi connectivity index (χ0n) is 15.7. The number of hydrogen-bond donors (Lipinski definition) is 1. The number of aryl methyl sites for hydroxylation is 1. The molecule has 0 atom stereocenters. The van der Waals surface area contributed by atoms with E-state index in [0.717, 1.165) is 18.7 Å². The molecule has 0 saturated carbocycles. The molecule has 0 aliphatic rings. The van der Waals surface area contributed by atoms with E-state index in [-0.39, 0.29) is 5.91 Å². The van der Waals surface area contributed by atoms with Gasteiger partial charge in [0.25, 0.3) is 5.91 Å². The van der Waals surface area contributed by atoms with Crippen LogP contribution in [0.1, 0.15) is 34.0 Å². The Bertz CT molecular complexity index is 878. The fourth-order valence-corrected chi connectivity index (χ4v) is 2.84. The molecular formula is C22H24N4O. The van der Waals surface area contributed by atoms with Crippen molar-refractivity contribution in [1.82, 2.24) is 15.3 Å².